The molecule has 1 aromatic heterocycles. The van der Waals surface area contributed by atoms with Crippen LogP contribution in [-0.4, -0.2) is 63.8 Å². The van der Waals surface area contributed by atoms with E-state index >= 15 is 0 Å². The van der Waals surface area contributed by atoms with Gasteiger partial charge in [0.2, 0.25) is 11.8 Å². The third kappa shape index (κ3) is 5.85. The van der Waals surface area contributed by atoms with Gasteiger partial charge < -0.3 is 19.5 Å². The molecule has 0 radical (unpaired) electrons. The molecule has 2 heterocycles. The molecule has 0 saturated heterocycles. The summed E-state index contributed by atoms with van der Waals surface area (Å²) in [5, 5.41) is 9.45. The highest BCUT2D eigenvalue weighted by Gasteiger charge is 2.41. The molecule has 0 amide bonds. The third-order valence-corrected chi connectivity index (χ3v) is 8.13. The van der Waals surface area contributed by atoms with E-state index in [-0.39, 0.29) is 60.8 Å². The molecule has 1 atom stereocenters. The highest BCUT2D eigenvalue weighted by molar-refractivity contribution is 7.82. The van der Waals surface area contributed by atoms with Crippen LogP contribution >= 0.6 is 0 Å². The zero-order chi connectivity index (χ0) is 27.8. The number of anilines is 1. The van der Waals surface area contributed by atoms with Crippen molar-refractivity contribution in [2.45, 2.75) is 55.3 Å². The maximum Gasteiger partial charge on any atom is 0.420 e. The molecule has 1 aromatic carbocycles. The third-order valence-electron chi connectivity index (χ3n) is 6.68. The lowest BCUT2D eigenvalue weighted by molar-refractivity contribution is -0.139. The number of carboxylic acids is 1. The Bertz CT molecular complexity index is 1230. The number of ether oxygens (including phenoxy) is 2. The van der Waals surface area contributed by atoms with E-state index in [4.69, 9.17) is 9.47 Å². The fraction of sp³-hybridized carbons (Fsp3) is 0.500. The Kier molecular flexibility index (Phi) is 7.84. The quantitative estimate of drug-likeness (QED) is 0.508. The molecule has 8 nitrogen and oxygen atoms in total. The molecule has 208 valence electrons. The zero-order valence-corrected chi connectivity index (χ0v) is 21.4. The summed E-state index contributed by atoms with van der Waals surface area (Å²) >= 11 is 0. The first-order valence-corrected chi connectivity index (χ1v) is 12.8. The van der Waals surface area contributed by atoms with E-state index in [1.165, 1.54) is 23.5 Å². The number of carbonyl (C=O) groups is 1. The average Bonchev–Trinajstić information content (AvgIpc) is 2.98. The number of carboxylic acid groups (broad SMARTS) is 1. The molecule has 4 rings (SSSR count). The summed E-state index contributed by atoms with van der Waals surface area (Å²) in [6.07, 6.45) is -5.45. The van der Waals surface area contributed by atoms with Crippen LogP contribution in [0, 0.1) is 0 Å². The van der Waals surface area contributed by atoms with Gasteiger partial charge in [0, 0.05) is 56.7 Å². The van der Waals surface area contributed by atoms with E-state index in [9.17, 15) is 36.1 Å². The number of methoxy groups -OCH3 is 1. The van der Waals surface area contributed by atoms with Crippen LogP contribution in [0.25, 0.3) is 0 Å². The molecule has 2 aliphatic rings. The Labute approximate surface area is 217 Å². The molecule has 1 unspecified atom stereocenters. The first kappa shape index (κ1) is 28.0. The fourth-order valence-corrected chi connectivity index (χ4v) is 5.78. The monoisotopic (exact) mass is 563 g/mol. The fourth-order valence-electron chi connectivity index (χ4n) is 4.63. The second-order valence-electron chi connectivity index (χ2n) is 9.15. The van der Waals surface area contributed by atoms with Crippen molar-refractivity contribution < 1.29 is 45.5 Å². The largest absolute Gasteiger partial charge is 0.488 e. The molecule has 0 spiro atoms. The van der Waals surface area contributed by atoms with Gasteiger partial charge in [-0.1, -0.05) is 0 Å². The summed E-state index contributed by atoms with van der Waals surface area (Å²) < 4.78 is 95.2. The van der Waals surface area contributed by atoms with Crippen LogP contribution < -0.4 is 14.4 Å². The predicted molar refractivity (Wildman–Crippen MR) is 127 cm³/mol. The van der Waals surface area contributed by atoms with Crippen molar-refractivity contribution in [3.63, 3.8) is 0 Å². The first-order valence-electron chi connectivity index (χ1n) is 11.7. The van der Waals surface area contributed by atoms with Gasteiger partial charge in [0.05, 0.1) is 23.3 Å². The van der Waals surface area contributed by atoms with Crippen LogP contribution in [-0.2, 0) is 23.8 Å². The van der Waals surface area contributed by atoms with E-state index < -0.39 is 58.7 Å². The number of halogens is 5. The number of hydrogen-bond donors (Lipinski definition) is 1. The average molecular weight is 564 g/mol. The van der Waals surface area contributed by atoms with Crippen molar-refractivity contribution >= 4 is 22.6 Å². The smallest absolute Gasteiger partial charge is 0.420 e. The SMILES string of the molecule is COc1ccc(COc2cc3c(cc2C(F)(F)F)N(C2CCC(F)(F)CC2)CCN(C)S3=O)c(C(=O)O)n1. The number of aromatic nitrogens is 1. The minimum absolute atomic E-state index is 0.00404. The van der Waals surface area contributed by atoms with Gasteiger partial charge in [0.15, 0.2) is 5.69 Å². The van der Waals surface area contributed by atoms with E-state index in [1.807, 2.05) is 0 Å². The number of pyridine rings is 1. The molecular formula is C24H26F5N3O5S. The lowest BCUT2D eigenvalue weighted by atomic mass is 9.90. The van der Waals surface area contributed by atoms with Crippen molar-refractivity contribution in [2.75, 3.05) is 32.1 Å². The Balaban J connectivity index is 1.74. The van der Waals surface area contributed by atoms with Crippen molar-refractivity contribution in [1.82, 2.24) is 9.29 Å². The summed E-state index contributed by atoms with van der Waals surface area (Å²) in [6.45, 7) is -0.113. The van der Waals surface area contributed by atoms with Crippen molar-refractivity contribution in [3.05, 3.63) is 41.1 Å². The Morgan fingerprint density at radius 3 is 2.50 bits per heavy atom. The normalized spacial score (nSPS) is 20.5. The lowest BCUT2D eigenvalue weighted by Gasteiger charge is -2.38. The number of likely N-dealkylation sites (N-methyl/N-ethyl adjacent to an activating group) is 1. The number of alkyl halides is 5. The topological polar surface area (TPSA) is 92.2 Å². The van der Waals surface area contributed by atoms with Crippen molar-refractivity contribution in [3.8, 4) is 11.6 Å². The molecule has 38 heavy (non-hydrogen) atoms. The van der Waals surface area contributed by atoms with E-state index in [2.05, 4.69) is 4.98 Å². The van der Waals surface area contributed by atoms with Crippen LogP contribution in [0.5, 0.6) is 11.6 Å². The Hall–Kier alpha value is -3.00. The van der Waals surface area contributed by atoms with E-state index in [0.29, 0.717) is 0 Å². The summed E-state index contributed by atoms with van der Waals surface area (Å²) in [5.74, 6) is -4.87. The number of rotatable bonds is 6. The predicted octanol–water partition coefficient (Wildman–Crippen LogP) is 4.74. The molecule has 14 heteroatoms. The minimum atomic E-state index is -4.87. The highest BCUT2D eigenvalue weighted by atomic mass is 32.2. The van der Waals surface area contributed by atoms with E-state index in [1.54, 1.807) is 11.9 Å². The van der Waals surface area contributed by atoms with Crippen molar-refractivity contribution in [2.24, 2.45) is 0 Å². The second-order valence-corrected chi connectivity index (χ2v) is 10.7. The Morgan fingerprint density at radius 1 is 1.21 bits per heavy atom. The molecule has 1 aliphatic carbocycles. The van der Waals surface area contributed by atoms with Gasteiger partial charge in [-0.05, 0) is 25.0 Å². The van der Waals surface area contributed by atoms with Crippen LogP contribution in [0.15, 0.2) is 29.2 Å². The lowest BCUT2D eigenvalue weighted by Crippen LogP contribution is -2.43. The molecule has 1 aliphatic heterocycles. The van der Waals surface area contributed by atoms with Crippen LogP contribution in [0.2, 0.25) is 0 Å². The number of hydrogen-bond acceptors (Lipinski definition) is 6. The minimum Gasteiger partial charge on any atom is -0.488 e. The number of aromatic carboxylic acids is 1. The number of nitrogens with zero attached hydrogens (tertiary/aromatic N) is 3. The summed E-state index contributed by atoms with van der Waals surface area (Å²) in [6, 6.07) is 4.12. The standard InChI is InChI=1S/C24H26F5N3O5S/c1-31-9-10-32(15-5-7-23(25,26)8-6-15)17-11-16(24(27,28)29)18(12-19(17)38(31)35)37-13-14-3-4-20(36-2)30-21(14)22(33)34/h3-4,11-12,15H,5-10,13H2,1-2H3,(H,33,34). The van der Waals surface area contributed by atoms with Gasteiger partial charge in [-0.25, -0.2) is 27.1 Å². The van der Waals surface area contributed by atoms with Gasteiger partial charge in [-0.3, -0.25) is 0 Å². The summed E-state index contributed by atoms with van der Waals surface area (Å²) in [4.78, 5) is 17.1. The van der Waals surface area contributed by atoms with Crippen LogP contribution in [0.1, 0.15) is 47.3 Å². The molecule has 0 bridgehead atoms. The number of benzene rings is 1. The van der Waals surface area contributed by atoms with Gasteiger partial charge in [0.25, 0.3) is 0 Å². The molecule has 1 N–H and O–H groups in total. The number of fused-ring (bicyclic) bond motifs is 1. The molecule has 2 aromatic rings. The molecule has 1 fully saturated rings. The van der Waals surface area contributed by atoms with Gasteiger partial charge >= 0.3 is 12.1 Å². The highest BCUT2D eigenvalue weighted by Crippen LogP contribution is 2.45. The van der Waals surface area contributed by atoms with Gasteiger partial charge in [-0.15, -0.1) is 0 Å². The molecule has 1 saturated carbocycles. The zero-order valence-electron chi connectivity index (χ0n) is 20.6. The first-order chi connectivity index (χ1) is 17.8. The van der Waals surface area contributed by atoms with Crippen LogP contribution in [0.3, 0.4) is 0 Å². The summed E-state index contributed by atoms with van der Waals surface area (Å²) in [5.41, 5.74) is -1.54. The maximum atomic E-state index is 14.2. The second kappa shape index (κ2) is 10.6. The van der Waals surface area contributed by atoms with Crippen molar-refractivity contribution in [1.29, 1.82) is 0 Å². The summed E-state index contributed by atoms with van der Waals surface area (Å²) in [7, 11) is 0.987. The van der Waals surface area contributed by atoms with Gasteiger partial charge in [0.1, 0.15) is 23.3 Å². The van der Waals surface area contributed by atoms with Gasteiger partial charge in [-0.2, -0.15) is 13.2 Å². The maximum absolute atomic E-state index is 14.2. The van der Waals surface area contributed by atoms with E-state index in [0.717, 1.165) is 12.1 Å². The Morgan fingerprint density at radius 2 is 1.89 bits per heavy atom. The van der Waals surface area contributed by atoms with Crippen LogP contribution in [0.4, 0.5) is 27.6 Å². The molecular weight excluding hydrogens is 537 g/mol.